The van der Waals surface area contributed by atoms with Crippen molar-refractivity contribution in [2.45, 2.75) is 83.0 Å². The van der Waals surface area contributed by atoms with E-state index in [1.807, 2.05) is 24.0 Å². The summed E-state index contributed by atoms with van der Waals surface area (Å²) in [6, 6.07) is 6.80. The Morgan fingerprint density at radius 2 is 1.86 bits per heavy atom. The van der Waals surface area contributed by atoms with Crippen LogP contribution < -0.4 is 10.1 Å². The minimum atomic E-state index is -4.81. The number of carbonyl (C=O) groups excluding carboxylic acids is 1. The van der Waals surface area contributed by atoms with Gasteiger partial charge in [-0.05, 0) is 82.4 Å². The molecule has 2 heterocycles. The van der Waals surface area contributed by atoms with E-state index >= 15 is 0 Å². The molecule has 0 spiro atoms. The number of amides is 1. The maximum Gasteiger partial charge on any atom is 0.423 e. The molecule has 12 heteroatoms. The van der Waals surface area contributed by atoms with Crippen molar-refractivity contribution in [1.29, 1.82) is 0 Å². The van der Waals surface area contributed by atoms with Crippen LogP contribution in [0.25, 0.3) is 0 Å². The lowest BCUT2D eigenvalue weighted by molar-refractivity contribution is -0.388. The first-order chi connectivity index (χ1) is 20.1. The summed E-state index contributed by atoms with van der Waals surface area (Å²) >= 11 is 0. The lowest BCUT2D eigenvalue weighted by Crippen LogP contribution is -2.39. The van der Waals surface area contributed by atoms with Crippen molar-refractivity contribution < 1.29 is 32.4 Å². The Bertz CT molecular complexity index is 1200. The predicted octanol–water partition coefficient (Wildman–Crippen LogP) is 6.41. The van der Waals surface area contributed by atoms with Crippen LogP contribution in [-0.4, -0.2) is 59.2 Å². The molecule has 4 rings (SSSR count). The van der Waals surface area contributed by atoms with E-state index in [2.05, 4.69) is 10.3 Å². The Labute approximate surface area is 243 Å². The third-order valence-corrected chi connectivity index (χ3v) is 8.07. The highest BCUT2D eigenvalue weighted by Crippen LogP contribution is 2.38. The van der Waals surface area contributed by atoms with Gasteiger partial charge in [-0.25, -0.2) is 0 Å². The molecule has 2 aromatic rings. The minimum absolute atomic E-state index is 0.00881. The van der Waals surface area contributed by atoms with Crippen LogP contribution in [0.4, 0.5) is 24.5 Å². The molecule has 2 fully saturated rings. The zero-order chi connectivity index (χ0) is 30.1. The number of aryl methyl sites for hydroxylation is 1. The summed E-state index contributed by atoms with van der Waals surface area (Å²) in [4.78, 5) is 28.7. The zero-order valence-electron chi connectivity index (χ0n) is 23.9. The molecule has 2 aliphatic rings. The fourth-order valence-electron chi connectivity index (χ4n) is 5.72. The number of likely N-dealkylation sites (tertiary alicyclic amines) is 1. The number of carbonyl (C=O) groups is 1. The van der Waals surface area contributed by atoms with Gasteiger partial charge < -0.3 is 19.7 Å². The number of alkyl halides is 3. The number of ether oxygens (including phenoxy) is 2. The molecule has 9 nitrogen and oxygen atoms in total. The van der Waals surface area contributed by atoms with Gasteiger partial charge in [0, 0.05) is 55.4 Å². The van der Waals surface area contributed by atoms with E-state index < -0.39 is 22.4 Å². The molecule has 0 unspecified atom stereocenters. The van der Waals surface area contributed by atoms with Gasteiger partial charge in [0.05, 0.1) is 24.1 Å². The normalized spacial score (nSPS) is 19.9. The smallest absolute Gasteiger partial charge is 0.423 e. The number of halogens is 3. The van der Waals surface area contributed by atoms with Crippen molar-refractivity contribution >= 4 is 17.3 Å². The van der Waals surface area contributed by atoms with Crippen LogP contribution in [0.2, 0.25) is 0 Å². The van der Waals surface area contributed by atoms with E-state index in [4.69, 9.17) is 9.47 Å². The largest absolute Gasteiger partial charge is 0.490 e. The summed E-state index contributed by atoms with van der Waals surface area (Å²) in [5, 5.41) is 14.1. The van der Waals surface area contributed by atoms with E-state index in [1.165, 1.54) is 6.07 Å². The van der Waals surface area contributed by atoms with Crippen molar-refractivity contribution in [3.8, 4) is 5.75 Å². The first-order valence-corrected chi connectivity index (χ1v) is 14.7. The molecule has 1 amide bonds. The van der Waals surface area contributed by atoms with Gasteiger partial charge in [0.2, 0.25) is 5.91 Å². The number of nitrogens with one attached hydrogen (secondary N) is 1. The summed E-state index contributed by atoms with van der Waals surface area (Å²) in [6.45, 7) is 4.60. The second-order valence-electron chi connectivity index (χ2n) is 11.0. The summed E-state index contributed by atoms with van der Waals surface area (Å²) in [6.07, 6.45) is 4.08. The van der Waals surface area contributed by atoms with Gasteiger partial charge in [0.1, 0.15) is 11.3 Å². The Hall–Kier alpha value is -3.41. The van der Waals surface area contributed by atoms with Gasteiger partial charge in [0.25, 0.3) is 5.69 Å². The fraction of sp³-hybridized carbons (Fsp3) is 0.600. The molecule has 0 bridgehead atoms. The number of anilines is 1. The monoisotopic (exact) mass is 592 g/mol. The fourth-order valence-corrected chi connectivity index (χ4v) is 5.72. The van der Waals surface area contributed by atoms with Crippen LogP contribution >= 0.6 is 0 Å². The van der Waals surface area contributed by atoms with E-state index in [1.54, 1.807) is 6.20 Å². The molecular weight excluding hydrogens is 553 g/mol. The topological polar surface area (TPSA) is 107 Å². The zero-order valence-corrected chi connectivity index (χ0v) is 23.9. The molecular formula is C30H39F3N4O5. The number of aromatic nitrogens is 1. The number of hydrogen-bond acceptors (Lipinski definition) is 7. The number of pyridine rings is 1. The van der Waals surface area contributed by atoms with E-state index in [0.29, 0.717) is 38.4 Å². The van der Waals surface area contributed by atoms with Crippen molar-refractivity contribution in [3.05, 3.63) is 57.9 Å². The lowest BCUT2D eigenvalue weighted by Gasteiger charge is -2.32. The van der Waals surface area contributed by atoms with Crippen molar-refractivity contribution in [1.82, 2.24) is 9.88 Å². The number of piperidine rings is 1. The van der Waals surface area contributed by atoms with Crippen LogP contribution in [0.3, 0.4) is 0 Å². The Morgan fingerprint density at radius 1 is 1.12 bits per heavy atom. The second kappa shape index (κ2) is 14.7. The number of rotatable bonds is 12. The Kier molecular flexibility index (Phi) is 11.0. The Morgan fingerprint density at radius 3 is 2.52 bits per heavy atom. The molecule has 1 aliphatic carbocycles. The second-order valence-corrected chi connectivity index (χ2v) is 11.0. The summed E-state index contributed by atoms with van der Waals surface area (Å²) in [5.41, 5.74) is -1.02. The van der Waals surface area contributed by atoms with Crippen LogP contribution in [0.1, 0.15) is 69.5 Å². The molecule has 1 saturated heterocycles. The van der Waals surface area contributed by atoms with Crippen LogP contribution in [-0.2, 0) is 22.1 Å². The number of hydrogen-bond donors (Lipinski definition) is 1. The predicted molar refractivity (Wildman–Crippen MR) is 151 cm³/mol. The molecule has 230 valence electrons. The summed E-state index contributed by atoms with van der Waals surface area (Å²) in [7, 11) is 0. The molecule has 1 saturated carbocycles. The van der Waals surface area contributed by atoms with Gasteiger partial charge >= 0.3 is 6.18 Å². The third kappa shape index (κ3) is 9.04. The molecule has 1 aliphatic heterocycles. The summed E-state index contributed by atoms with van der Waals surface area (Å²) in [5.74, 6) is 1.48. The molecule has 0 radical (unpaired) electrons. The average Bonchev–Trinajstić information content (AvgIpc) is 2.97. The van der Waals surface area contributed by atoms with Gasteiger partial charge in [-0.3, -0.25) is 19.9 Å². The third-order valence-electron chi connectivity index (χ3n) is 8.07. The quantitative estimate of drug-likeness (QED) is 0.172. The molecule has 1 aromatic heterocycles. The minimum Gasteiger partial charge on any atom is -0.490 e. The first-order valence-electron chi connectivity index (χ1n) is 14.7. The lowest BCUT2D eigenvalue weighted by atomic mass is 9.91. The van der Waals surface area contributed by atoms with Crippen molar-refractivity contribution in [3.63, 3.8) is 0 Å². The first kappa shape index (κ1) is 31.5. The van der Waals surface area contributed by atoms with Gasteiger partial charge in [-0.15, -0.1) is 0 Å². The maximum atomic E-state index is 13.3. The standard InChI is InChI=1S/C30H39F3N4O5/c1-2-41-18-14-29(38)36-16-12-21(13-17-36)3-4-23-19-26(11-15-34-23)42-25-8-5-22(6-9-25)35-24-7-10-28(37(39)40)27(20-24)30(31,32)33/h7,10-11,15,19-22,25,35H,2-6,8-9,12-14,16-18H2,1H3. The van der Waals surface area contributed by atoms with Gasteiger partial charge in [-0.2, -0.15) is 13.2 Å². The Balaban J connectivity index is 1.20. The molecule has 0 atom stereocenters. The number of nitro benzene ring substituents is 1. The highest BCUT2D eigenvalue weighted by molar-refractivity contribution is 5.76. The van der Waals surface area contributed by atoms with Crippen molar-refractivity contribution in [2.75, 3.05) is 31.6 Å². The SMILES string of the molecule is CCOCCC(=O)N1CCC(CCc2cc(OC3CCC(Nc4ccc([N+](=O)[O-])c(C(F)(F)F)c4)CC3)ccn2)CC1. The number of nitrogens with zero attached hydrogens (tertiary/aromatic N) is 3. The highest BCUT2D eigenvalue weighted by atomic mass is 19.4. The average molecular weight is 593 g/mol. The van der Waals surface area contributed by atoms with Crippen molar-refractivity contribution in [2.24, 2.45) is 5.92 Å². The molecule has 1 aromatic carbocycles. The van der Waals surface area contributed by atoms with Gasteiger partial charge in [0.15, 0.2) is 0 Å². The van der Waals surface area contributed by atoms with Crippen LogP contribution in [0.5, 0.6) is 5.75 Å². The number of nitro groups is 1. The number of benzene rings is 1. The van der Waals surface area contributed by atoms with E-state index in [9.17, 15) is 28.1 Å². The molecule has 42 heavy (non-hydrogen) atoms. The summed E-state index contributed by atoms with van der Waals surface area (Å²) < 4.78 is 51.5. The van der Waals surface area contributed by atoms with E-state index in [-0.39, 0.29) is 23.7 Å². The van der Waals surface area contributed by atoms with Crippen LogP contribution in [0.15, 0.2) is 36.5 Å². The highest BCUT2D eigenvalue weighted by Gasteiger charge is 2.38. The molecule has 1 N–H and O–H groups in total. The van der Waals surface area contributed by atoms with E-state index in [0.717, 1.165) is 75.2 Å². The van der Waals surface area contributed by atoms with Gasteiger partial charge in [-0.1, -0.05) is 0 Å². The maximum absolute atomic E-state index is 13.3. The van der Waals surface area contributed by atoms with Crippen LogP contribution in [0, 0.1) is 16.0 Å².